The van der Waals surface area contributed by atoms with Gasteiger partial charge in [-0.1, -0.05) is 19.3 Å². The van der Waals surface area contributed by atoms with Gasteiger partial charge in [-0.2, -0.15) is 5.10 Å². The van der Waals surface area contributed by atoms with Crippen LogP contribution in [0.2, 0.25) is 0 Å². The van der Waals surface area contributed by atoms with Gasteiger partial charge in [-0.25, -0.2) is 0 Å². The van der Waals surface area contributed by atoms with Gasteiger partial charge in [-0.3, -0.25) is 14.3 Å². The van der Waals surface area contributed by atoms with Crippen LogP contribution in [0, 0.1) is 6.92 Å². The minimum absolute atomic E-state index is 0.0228. The van der Waals surface area contributed by atoms with E-state index in [0.717, 1.165) is 44.3 Å². The minimum Gasteiger partial charge on any atom is -0.481 e. The number of nitrogens with zero attached hydrogens (tertiary/aromatic N) is 3. The van der Waals surface area contributed by atoms with Crippen molar-refractivity contribution in [3.05, 3.63) is 17.5 Å². The Labute approximate surface area is 149 Å². The van der Waals surface area contributed by atoms with Crippen LogP contribution in [0.3, 0.4) is 0 Å². The lowest BCUT2D eigenvalue weighted by Crippen LogP contribution is -2.44. The molecule has 0 bridgehead atoms. The van der Waals surface area contributed by atoms with Gasteiger partial charge in [0.05, 0.1) is 17.8 Å². The van der Waals surface area contributed by atoms with Crippen LogP contribution in [0.25, 0.3) is 0 Å². The molecule has 1 N–H and O–H groups in total. The number of hydrogen-bond acceptors (Lipinski definition) is 3. The normalized spacial score (nSPS) is 22.1. The van der Waals surface area contributed by atoms with Crippen molar-refractivity contribution in [3.8, 4) is 0 Å². The third-order valence-electron chi connectivity index (χ3n) is 5.78. The predicted octanol–water partition coefficient (Wildman–Crippen LogP) is 3.56. The zero-order valence-corrected chi connectivity index (χ0v) is 15.1. The van der Waals surface area contributed by atoms with Crippen molar-refractivity contribution in [2.24, 2.45) is 0 Å². The maximum absolute atomic E-state index is 13.1. The molecule has 6 heteroatoms. The van der Waals surface area contributed by atoms with E-state index >= 15 is 0 Å². The van der Waals surface area contributed by atoms with Crippen LogP contribution in [-0.4, -0.2) is 44.3 Å². The molecule has 6 nitrogen and oxygen atoms in total. The molecule has 1 amide bonds. The van der Waals surface area contributed by atoms with Gasteiger partial charge in [-0.15, -0.1) is 0 Å². The van der Waals surface area contributed by atoms with Crippen molar-refractivity contribution >= 4 is 11.9 Å². The maximum Gasteiger partial charge on any atom is 0.303 e. The first-order valence-corrected chi connectivity index (χ1v) is 9.65. The molecule has 2 heterocycles. The van der Waals surface area contributed by atoms with E-state index in [1.54, 1.807) is 6.20 Å². The fraction of sp³-hybridized carbons (Fsp3) is 0.737. The van der Waals surface area contributed by atoms with E-state index in [-0.39, 0.29) is 18.4 Å². The fourth-order valence-corrected chi connectivity index (χ4v) is 4.34. The fourth-order valence-electron chi connectivity index (χ4n) is 4.34. The van der Waals surface area contributed by atoms with E-state index in [1.165, 1.54) is 19.3 Å². The standard InChI is InChI=1S/C19H29N3O3/c1-14-17(13-20-22(14)16-8-3-2-4-9-16)19(25)21-12-6-5-7-15(21)10-11-18(23)24/h13,15-16H,2-12H2,1H3,(H,23,24). The van der Waals surface area contributed by atoms with Crippen molar-refractivity contribution in [2.45, 2.75) is 83.2 Å². The number of carboxylic acid groups (broad SMARTS) is 1. The van der Waals surface area contributed by atoms with Crippen molar-refractivity contribution in [1.82, 2.24) is 14.7 Å². The molecular weight excluding hydrogens is 318 g/mol. The average molecular weight is 347 g/mol. The molecule has 2 aliphatic rings. The lowest BCUT2D eigenvalue weighted by atomic mass is 9.95. The SMILES string of the molecule is Cc1c(C(=O)N2CCCCC2CCC(=O)O)cnn1C1CCCCC1. The van der Waals surface area contributed by atoms with Crippen molar-refractivity contribution in [2.75, 3.05) is 6.54 Å². The molecule has 1 unspecified atom stereocenters. The van der Waals surface area contributed by atoms with Crippen LogP contribution in [-0.2, 0) is 4.79 Å². The molecule has 1 atom stereocenters. The number of aliphatic carboxylic acids is 1. The van der Waals surface area contributed by atoms with Crippen LogP contribution in [0.1, 0.15) is 86.3 Å². The maximum atomic E-state index is 13.1. The summed E-state index contributed by atoms with van der Waals surface area (Å²) < 4.78 is 2.04. The summed E-state index contributed by atoms with van der Waals surface area (Å²) >= 11 is 0. The van der Waals surface area contributed by atoms with E-state index in [0.29, 0.717) is 18.0 Å². The monoisotopic (exact) mass is 347 g/mol. The van der Waals surface area contributed by atoms with E-state index in [2.05, 4.69) is 5.10 Å². The molecule has 2 fully saturated rings. The molecule has 1 aromatic heterocycles. The summed E-state index contributed by atoms with van der Waals surface area (Å²) in [5.41, 5.74) is 1.65. The topological polar surface area (TPSA) is 75.4 Å². The Bertz CT molecular complexity index is 619. The number of aromatic nitrogens is 2. The summed E-state index contributed by atoms with van der Waals surface area (Å²) in [5, 5.41) is 13.5. The minimum atomic E-state index is -0.792. The first-order valence-electron chi connectivity index (χ1n) is 9.65. The highest BCUT2D eigenvalue weighted by molar-refractivity contribution is 5.95. The Morgan fingerprint density at radius 1 is 1.16 bits per heavy atom. The van der Waals surface area contributed by atoms with Gasteiger partial charge < -0.3 is 10.0 Å². The summed E-state index contributed by atoms with van der Waals surface area (Å²) in [6, 6.07) is 0.453. The number of likely N-dealkylation sites (tertiary alicyclic amines) is 1. The second-order valence-corrected chi connectivity index (χ2v) is 7.46. The number of carbonyl (C=O) groups excluding carboxylic acids is 1. The Morgan fingerprint density at radius 3 is 2.60 bits per heavy atom. The molecule has 1 saturated carbocycles. The lowest BCUT2D eigenvalue weighted by Gasteiger charge is -2.35. The van der Waals surface area contributed by atoms with E-state index in [4.69, 9.17) is 5.11 Å². The Balaban J connectivity index is 1.74. The van der Waals surface area contributed by atoms with Crippen LogP contribution < -0.4 is 0 Å². The predicted molar refractivity (Wildman–Crippen MR) is 94.6 cm³/mol. The third kappa shape index (κ3) is 4.05. The van der Waals surface area contributed by atoms with Crippen LogP contribution in [0.4, 0.5) is 0 Å². The lowest BCUT2D eigenvalue weighted by molar-refractivity contribution is -0.137. The number of rotatable bonds is 5. The number of amides is 1. The Kier molecular flexibility index (Phi) is 5.76. The third-order valence-corrected chi connectivity index (χ3v) is 5.78. The van der Waals surface area contributed by atoms with Gasteiger partial charge in [0.1, 0.15) is 0 Å². The smallest absolute Gasteiger partial charge is 0.303 e. The largest absolute Gasteiger partial charge is 0.481 e. The molecule has 25 heavy (non-hydrogen) atoms. The molecule has 3 rings (SSSR count). The highest BCUT2D eigenvalue weighted by Gasteiger charge is 2.30. The second-order valence-electron chi connectivity index (χ2n) is 7.46. The van der Waals surface area contributed by atoms with Gasteiger partial charge in [0.15, 0.2) is 0 Å². The van der Waals surface area contributed by atoms with Crippen LogP contribution >= 0.6 is 0 Å². The van der Waals surface area contributed by atoms with Crippen LogP contribution in [0.15, 0.2) is 6.20 Å². The summed E-state index contributed by atoms with van der Waals surface area (Å²) in [5.74, 6) is -0.770. The summed E-state index contributed by atoms with van der Waals surface area (Å²) in [7, 11) is 0. The second kappa shape index (κ2) is 8.02. The van der Waals surface area contributed by atoms with E-state index in [1.807, 2.05) is 16.5 Å². The number of carbonyl (C=O) groups is 2. The highest BCUT2D eigenvalue weighted by Crippen LogP contribution is 2.30. The Morgan fingerprint density at radius 2 is 1.88 bits per heavy atom. The van der Waals surface area contributed by atoms with E-state index < -0.39 is 5.97 Å². The summed E-state index contributed by atoms with van der Waals surface area (Å²) in [6.45, 7) is 2.71. The highest BCUT2D eigenvalue weighted by atomic mass is 16.4. The van der Waals surface area contributed by atoms with Crippen molar-refractivity contribution < 1.29 is 14.7 Å². The van der Waals surface area contributed by atoms with Gasteiger partial charge in [0, 0.05) is 24.7 Å². The summed E-state index contributed by atoms with van der Waals surface area (Å²) in [4.78, 5) is 25.9. The van der Waals surface area contributed by atoms with E-state index in [9.17, 15) is 9.59 Å². The first kappa shape index (κ1) is 18.0. The number of hydrogen-bond donors (Lipinski definition) is 1. The zero-order valence-electron chi connectivity index (χ0n) is 15.1. The molecule has 1 saturated heterocycles. The number of piperidine rings is 1. The molecule has 0 radical (unpaired) electrons. The molecule has 0 aromatic carbocycles. The van der Waals surface area contributed by atoms with Crippen LogP contribution in [0.5, 0.6) is 0 Å². The average Bonchev–Trinajstić information content (AvgIpc) is 3.02. The van der Waals surface area contributed by atoms with Gasteiger partial charge >= 0.3 is 5.97 Å². The first-order chi connectivity index (χ1) is 12.1. The van der Waals surface area contributed by atoms with Crippen molar-refractivity contribution in [3.63, 3.8) is 0 Å². The number of carboxylic acids is 1. The molecular formula is C19H29N3O3. The van der Waals surface area contributed by atoms with Gasteiger partial charge in [0.25, 0.3) is 5.91 Å². The van der Waals surface area contributed by atoms with Gasteiger partial charge in [-0.05, 0) is 45.4 Å². The molecule has 1 aliphatic carbocycles. The van der Waals surface area contributed by atoms with Gasteiger partial charge in [0.2, 0.25) is 0 Å². The molecule has 1 aliphatic heterocycles. The summed E-state index contributed by atoms with van der Waals surface area (Å²) in [6.07, 6.45) is 11.4. The Hall–Kier alpha value is -1.85. The zero-order chi connectivity index (χ0) is 17.8. The molecule has 0 spiro atoms. The quantitative estimate of drug-likeness (QED) is 0.884. The van der Waals surface area contributed by atoms with Crippen molar-refractivity contribution in [1.29, 1.82) is 0 Å². The molecule has 138 valence electrons. The molecule has 1 aromatic rings.